The number of piperidine rings is 1. The fourth-order valence-corrected chi connectivity index (χ4v) is 5.91. The molecule has 0 atom stereocenters. The third-order valence-corrected chi connectivity index (χ3v) is 8.48. The number of nitrogens with zero attached hydrogens (tertiary/aromatic N) is 4. The predicted octanol–water partition coefficient (Wildman–Crippen LogP) is 5.24. The Morgan fingerprint density at radius 2 is 1.98 bits per heavy atom. The number of pyridine rings is 2. The molecule has 0 radical (unpaired) electrons. The van der Waals surface area contributed by atoms with Crippen molar-refractivity contribution in [1.29, 1.82) is 5.26 Å². The van der Waals surface area contributed by atoms with E-state index in [-0.39, 0.29) is 5.56 Å². The van der Waals surface area contributed by atoms with Crippen molar-refractivity contribution in [2.75, 3.05) is 26.7 Å². The molecule has 5 aromatic rings. The van der Waals surface area contributed by atoms with Gasteiger partial charge in [0.15, 0.2) is 5.75 Å². The number of hydrogen-bond acceptors (Lipinski definition) is 6. The van der Waals surface area contributed by atoms with Gasteiger partial charge in [-0.2, -0.15) is 5.26 Å². The SMILES string of the molecule is Cc1ccncc1-c1[nH]c2c(-c3nc4c(OCC5CC5)c(C5CCN(C)CC5)ccc4[nH]3)c(=O)[nH]cc2c1C#N. The van der Waals surface area contributed by atoms with Crippen LogP contribution in [0.15, 0.2) is 41.6 Å². The number of nitriles is 1. The van der Waals surface area contributed by atoms with Gasteiger partial charge in [-0.1, -0.05) is 6.07 Å². The van der Waals surface area contributed by atoms with Crippen molar-refractivity contribution in [2.45, 2.75) is 38.5 Å². The van der Waals surface area contributed by atoms with E-state index in [1.807, 2.05) is 13.0 Å². The Labute approximate surface area is 231 Å². The van der Waals surface area contributed by atoms with Gasteiger partial charge in [0.2, 0.25) is 0 Å². The third kappa shape index (κ3) is 4.16. The highest BCUT2D eigenvalue weighted by Crippen LogP contribution is 2.41. The lowest BCUT2D eigenvalue weighted by atomic mass is 9.88. The number of H-pyrrole nitrogens is 3. The molecule has 5 heterocycles. The number of ether oxygens (including phenoxy) is 1. The number of likely N-dealkylation sites (tertiary alicyclic amines) is 1. The fraction of sp³-hybridized carbons (Fsp3) is 0.355. The Morgan fingerprint density at radius 3 is 2.73 bits per heavy atom. The van der Waals surface area contributed by atoms with Crippen molar-refractivity contribution < 1.29 is 4.74 Å². The van der Waals surface area contributed by atoms with Gasteiger partial charge in [-0.25, -0.2) is 4.98 Å². The molecule has 4 aromatic heterocycles. The second-order valence-corrected chi connectivity index (χ2v) is 11.3. The molecule has 2 aliphatic rings. The van der Waals surface area contributed by atoms with Crippen LogP contribution in [0.1, 0.15) is 48.3 Å². The lowest BCUT2D eigenvalue weighted by Gasteiger charge is -2.30. The smallest absolute Gasteiger partial charge is 0.261 e. The Bertz CT molecular complexity index is 1850. The van der Waals surface area contributed by atoms with Crippen molar-refractivity contribution in [3.05, 3.63) is 63.8 Å². The molecule has 0 spiro atoms. The number of benzene rings is 1. The van der Waals surface area contributed by atoms with Crippen LogP contribution in [0.2, 0.25) is 0 Å². The van der Waals surface area contributed by atoms with Crippen LogP contribution in [-0.2, 0) is 0 Å². The standard InChI is InChI=1S/C31H31N7O2/c1-17-7-10-33-14-22(17)26-21(13-32)23-15-34-31(39)25(27(23)36-26)30-35-24-6-5-20(19-8-11-38(2)12-9-19)29(28(24)37-30)40-16-18-3-4-18/h5-7,10,14-15,18-19,36H,3-4,8-9,11-12,16H2,1-2H3,(H,34,39)(H,35,37). The molecule has 202 valence electrons. The van der Waals surface area contributed by atoms with E-state index in [0.29, 0.717) is 52.0 Å². The summed E-state index contributed by atoms with van der Waals surface area (Å²) in [5.74, 6) is 2.29. The first-order chi connectivity index (χ1) is 19.5. The molecule has 1 aromatic carbocycles. The maximum Gasteiger partial charge on any atom is 0.261 e. The average molecular weight is 534 g/mol. The topological polar surface area (TPSA) is 126 Å². The summed E-state index contributed by atoms with van der Waals surface area (Å²) in [6.07, 6.45) is 9.61. The zero-order chi connectivity index (χ0) is 27.4. The third-order valence-electron chi connectivity index (χ3n) is 8.48. The molecule has 40 heavy (non-hydrogen) atoms. The lowest BCUT2D eigenvalue weighted by molar-refractivity contribution is 0.248. The van der Waals surface area contributed by atoms with Crippen LogP contribution >= 0.6 is 0 Å². The molecule has 1 aliphatic carbocycles. The van der Waals surface area contributed by atoms with Gasteiger partial charge in [-0.05, 0) is 87.8 Å². The molecular formula is C31H31N7O2. The van der Waals surface area contributed by atoms with Crippen molar-refractivity contribution in [1.82, 2.24) is 29.8 Å². The summed E-state index contributed by atoms with van der Waals surface area (Å²) >= 11 is 0. The summed E-state index contributed by atoms with van der Waals surface area (Å²) in [6.45, 7) is 4.77. The van der Waals surface area contributed by atoms with Gasteiger partial charge in [0, 0.05) is 29.5 Å². The molecular weight excluding hydrogens is 502 g/mol. The largest absolute Gasteiger partial charge is 0.491 e. The van der Waals surface area contributed by atoms with Crippen LogP contribution in [0.4, 0.5) is 0 Å². The number of rotatable bonds is 6. The van der Waals surface area contributed by atoms with Gasteiger partial charge in [0.1, 0.15) is 23.0 Å². The molecule has 7 rings (SSSR count). The van der Waals surface area contributed by atoms with Gasteiger partial charge in [0.05, 0.1) is 28.9 Å². The fourth-order valence-electron chi connectivity index (χ4n) is 5.91. The average Bonchev–Trinajstić information content (AvgIpc) is 3.57. The summed E-state index contributed by atoms with van der Waals surface area (Å²) < 4.78 is 6.49. The number of imidazole rings is 1. The second kappa shape index (κ2) is 9.65. The molecule has 3 N–H and O–H groups in total. The summed E-state index contributed by atoms with van der Waals surface area (Å²) in [5, 5.41) is 10.7. The van der Waals surface area contributed by atoms with Crippen LogP contribution in [0.5, 0.6) is 5.75 Å². The molecule has 9 heteroatoms. The zero-order valence-electron chi connectivity index (χ0n) is 22.7. The van der Waals surface area contributed by atoms with Crippen LogP contribution in [-0.4, -0.2) is 56.6 Å². The summed E-state index contributed by atoms with van der Waals surface area (Å²) in [7, 11) is 2.17. The minimum atomic E-state index is -0.289. The Kier molecular flexibility index (Phi) is 5.93. The van der Waals surface area contributed by atoms with E-state index in [2.05, 4.69) is 50.1 Å². The Morgan fingerprint density at radius 1 is 1.15 bits per heavy atom. The molecule has 1 saturated heterocycles. The summed E-state index contributed by atoms with van der Waals surface area (Å²) in [5.41, 5.74) is 6.30. The summed E-state index contributed by atoms with van der Waals surface area (Å²) in [6, 6.07) is 8.44. The van der Waals surface area contributed by atoms with Gasteiger partial charge < -0.3 is 24.6 Å². The van der Waals surface area contributed by atoms with Gasteiger partial charge >= 0.3 is 0 Å². The molecule has 1 aliphatic heterocycles. The van der Waals surface area contributed by atoms with Crippen LogP contribution < -0.4 is 10.3 Å². The van der Waals surface area contributed by atoms with E-state index in [1.54, 1.807) is 18.6 Å². The van der Waals surface area contributed by atoms with E-state index < -0.39 is 0 Å². The normalized spacial score (nSPS) is 16.5. The minimum Gasteiger partial charge on any atom is -0.491 e. The first-order valence-electron chi connectivity index (χ1n) is 13.9. The minimum absolute atomic E-state index is 0.289. The van der Waals surface area contributed by atoms with Crippen LogP contribution in [0.3, 0.4) is 0 Å². The van der Waals surface area contributed by atoms with Crippen LogP contribution in [0.25, 0.3) is 44.6 Å². The monoisotopic (exact) mass is 533 g/mol. The van der Waals surface area contributed by atoms with Gasteiger partial charge in [0.25, 0.3) is 5.56 Å². The van der Waals surface area contributed by atoms with E-state index in [9.17, 15) is 10.1 Å². The van der Waals surface area contributed by atoms with Gasteiger partial charge in [-0.3, -0.25) is 9.78 Å². The molecule has 2 fully saturated rings. The lowest BCUT2D eigenvalue weighted by Crippen LogP contribution is -2.29. The second-order valence-electron chi connectivity index (χ2n) is 11.3. The molecule has 0 amide bonds. The molecule has 1 saturated carbocycles. The van der Waals surface area contributed by atoms with E-state index in [1.165, 1.54) is 18.4 Å². The Balaban J connectivity index is 1.40. The highest BCUT2D eigenvalue weighted by atomic mass is 16.5. The first kappa shape index (κ1) is 24.6. The highest BCUT2D eigenvalue weighted by Gasteiger charge is 2.28. The Hall–Kier alpha value is -4.42. The van der Waals surface area contributed by atoms with Crippen LogP contribution in [0, 0.1) is 24.2 Å². The molecule has 0 unspecified atom stereocenters. The van der Waals surface area contributed by atoms with E-state index >= 15 is 0 Å². The zero-order valence-corrected chi connectivity index (χ0v) is 22.7. The van der Waals surface area contributed by atoms with E-state index in [4.69, 9.17) is 9.72 Å². The maximum atomic E-state index is 13.3. The van der Waals surface area contributed by atoms with Gasteiger partial charge in [-0.15, -0.1) is 0 Å². The van der Waals surface area contributed by atoms with Crippen molar-refractivity contribution >= 4 is 21.9 Å². The molecule has 9 nitrogen and oxygen atoms in total. The van der Waals surface area contributed by atoms with Crippen molar-refractivity contribution in [3.8, 4) is 34.5 Å². The van der Waals surface area contributed by atoms with E-state index in [0.717, 1.165) is 53.8 Å². The van der Waals surface area contributed by atoms with Crippen molar-refractivity contribution in [3.63, 3.8) is 0 Å². The van der Waals surface area contributed by atoms with Crippen molar-refractivity contribution in [2.24, 2.45) is 5.92 Å². The maximum absolute atomic E-state index is 13.3. The first-order valence-corrected chi connectivity index (χ1v) is 13.9. The number of hydrogen-bond donors (Lipinski definition) is 3. The molecule has 0 bridgehead atoms. The quantitative estimate of drug-likeness (QED) is 0.274. The number of aryl methyl sites for hydroxylation is 1. The number of aromatic nitrogens is 5. The summed E-state index contributed by atoms with van der Waals surface area (Å²) in [4.78, 5) is 34.5. The number of aromatic amines is 3. The number of nitrogens with one attached hydrogen (secondary N) is 3. The predicted molar refractivity (Wildman–Crippen MR) is 154 cm³/mol. The number of fused-ring (bicyclic) bond motifs is 2. The highest BCUT2D eigenvalue weighted by molar-refractivity contribution is 6.01.